The van der Waals surface area contributed by atoms with Gasteiger partial charge in [0.15, 0.2) is 0 Å². The molecule has 0 aliphatic carbocycles. The summed E-state index contributed by atoms with van der Waals surface area (Å²) in [6, 6.07) is 5.35. The van der Waals surface area contributed by atoms with Crippen LogP contribution in [0, 0.1) is 0 Å². The van der Waals surface area contributed by atoms with Crippen LogP contribution < -0.4 is 10.6 Å². The number of nitrogens with one attached hydrogen (secondary N) is 2. The number of carbonyl (C=O) groups excluding carboxylic acids is 1. The number of carbonyl (C=O) groups is 1. The lowest BCUT2D eigenvalue weighted by Crippen LogP contribution is -2.12. The fourth-order valence-corrected chi connectivity index (χ4v) is 1.79. The summed E-state index contributed by atoms with van der Waals surface area (Å²) in [5.41, 5.74) is 2.09. The van der Waals surface area contributed by atoms with E-state index in [1.165, 1.54) is 11.3 Å². The molecular weight excluding hydrogens is 222 g/mol. The molecule has 0 radical (unpaired) electrons. The fraction of sp³-hybridized carbons (Fsp3) is 0.0909. The Kier molecular flexibility index (Phi) is 3.16. The lowest BCUT2D eigenvalue weighted by molar-refractivity contribution is 0.102. The third-order valence-corrected chi connectivity index (χ3v) is 2.75. The van der Waals surface area contributed by atoms with Crippen molar-refractivity contribution in [1.29, 1.82) is 0 Å². The quantitative estimate of drug-likeness (QED) is 0.856. The summed E-state index contributed by atoms with van der Waals surface area (Å²) in [5, 5.41) is 9.50. The number of pyridine rings is 1. The minimum atomic E-state index is -0.193. The molecule has 1 amide bonds. The molecule has 2 rings (SSSR count). The second kappa shape index (κ2) is 4.76. The molecule has 0 saturated heterocycles. The second-order valence-corrected chi connectivity index (χ2v) is 3.93. The van der Waals surface area contributed by atoms with Crippen molar-refractivity contribution in [2.45, 2.75) is 0 Å². The summed E-state index contributed by atoms with van der Waals surface area (Å²) in [6.07, 6.45) is 1.63. The van der Waals surface area contributed by atoms with Gasteiger partial charge in [0.05, 0.1) is 17.6 Å². The zero-order chi connectivity index (χ0) is 11.4. The predicted octanol–water partition coefficient (Wildman–Crippen LogP) is 2.44. The highest BCUT2D eigenvalue weighted by Crippen LogP contribution is 2.13. The van der Waals surface area contributed by atoms with E-state index in [1.54, 1.807) is 12.3 Å². The number of hydrogen-bond acceptors (Lipinski definition) is 4. The summed E-state index contributed by atoms with van der Waals surface area (Å²) >= 11 is 1.54. The molecule has 0 bridgehead atoms. The average molecular weight is 233 g/mol. The molecule has 2 N–H and O–H groups in total. The molecule has 2 aromatic heterocycles. The second-order valence-electron chi connectivity index (χ2n) is 3.15. The summed E-state index contributed by atoms with van der Waals surface area (Å²) < 4.78 is 0. The number of amides is 1. The lowest BCUT2D eigenvalue weighted by atomic mass is 10.3. The highest BCUT2D eigenvalue weighted by molar-refractivity contribution is 7.08. The maximum atomic E-state index is 11.7. The van der Waals surface area contributed by atoms with Crippen molar-refractivity contribution in [2.75, 3.05) is 17.7 Å². The van der Waals surface area contributed by atoms with Gasteiger partial charge in [0.1, 0.15) is 5.69 Å². The molecule has 0 spiro atoms. The summed E-state index contributed by atoms with van der Waals surface area (Å²) in [4.78, 5) is 15.8. The Balaban J connectivity index is 2.09. The Morgan fingerprint density at radius 2 is 2.19 bits per heavy atom. The molecule has 0 aliphatic heterocycles. The van der Waals surface area contributed by atoms with Crippen molar-refractivity contribution in [2.24, 2.45) is 0 Å². The van der Waals surface area contributed by atoms with E-state index in [0.717, 1.165) is 11.4 Å². The first-order valence-corrected chi connectivity index (χ1v) is 5.71. The SMILES string of the molecule is CNc1ccc(C(=O)Nc2ccsc2)nc1. The van der Waals surface area contributed by atoms with Gasteiger partial charge in [-0.05, 0) is 23.6 Å². The predicted molar refractivity (Wildman–Crippen MR) is 66.1 cm³/mol. The van der Waals surface area contributed by atoms with Crippen molar-refractivity contribution >= 4 is 28.6 Å². The number of aromatic nitrogens is 1. The zero-order valence-corrected chi connectivity index (χ0v) is 9.54. The first-order valence-electron chi connectivity index (χ1n) is 4.77. The van der Waals surface area contributed by atoms with E-state index in [4.69, 9.17) is 0 Å². The van der Waals surface area contributed by atoms with Crippen molar-refractivity contribution in [3.8, 4) is 0 Å². The van der Waals surface area contributed by atoms with E-state index in [2.05, 4.69) is 15.6 Å². The Hall–Kier alpha value is -1.88. The molecule has 2 heterocycles. The van der Waals surface area contributed by atoms with E-state index >= 15 is 0 Å². The van der Waals surface area contributed by atoms with Crippen LogP contribution in [0.5, 0.6) is 0 Å². The zero-order valence-electron chi connectivity index (χ0n) is 8.73. The average Bonchev–Trinajstić information content (AvgIpc) is 2.82. The van der Waals surface area contributed by atoms with E-state index in [-0.39, 0.29) is 5.91 Å². The van der Waals surface area contributed by atoms with Crippen molar-refractivity contribution in [1.82, 2.24) is 4.98 Å². The molecule has 82 valence electrons. The van der Waals surface area contributed by atoms with Crippen LogP contribution in [-0.4, -0.2) is 17.9 Å². The van der Waals surface area contributed by atoms with Crippen LogP contribution in [0.15, 0.2) is 35.2 Å². The monoisotopic (exact) mass is 233 g/mol. The van der Waals surface area contributed by atoms with Crippen molar-refractivity contribution < 1.29 is 4.79 Å². The van der Waals surface area contributed by atoms with Gasteiger partial charge in [0.25, 0.3) is 5.91 Å². The van der Waals surface area contributed by atoms with Crippen molar-refractivity contribution in [3.63, 3.8) is 0 Å². The van der Waals surface area contributed by atoms with Crippen LogP contribution in [0.25, 0.3) is 0 Å². The van der Waals surface area contributed by atoms with Gasteiger partial charge in [-0.1, -0.05) is 0 Å². The molecule has 0 fully saturated rings. The number of rotatable bonds is 3. The number of nitrogens with zero attached hydrogens (tertiary/aromatic N) is 1. The minimum Gasteiger partial charge on any atom is -0.387 e. The van der Waals surface area contributed by atoms with Gasteiger partial charge in [-0.3, -0.25) is 4.79 Å². The molecular formula is C11H11N3OS. The highest BCUT2D eigenvalue weighted by atomic mass is 32.1. The van der Waals surface area contributed by atoms with E-state index in [0.29, 0.717) is 5.69 Å². The molecule has 0 aromatic carbocycles. The van der Waals surface area contributed by atoms with Crippen LogP contribution in [-0.2, 0) is 0 Å². The van der Waals surface area contributed by atoms with Gasteiger partial charge >= 0.3 is 0 Å². The summed E-state index contributed by atoms with van der Waals surface area (Å²) in [6.45, 7) is 0. The van der Waals surface area contributed by atoms with Gasteiger partial charge in [-0.15, -0.1) is 0 Å². The van der Waals surface area contributed by atoms with Gasteiger partial charge in [0, 0.05) is 12.4 Å². The Bertz CT molecular complexity index is 464. The third kappa shape index (κ3) is 2.38. The normalized spacial score (nSPS) is 9.81. The number of hydrogen-bond donors (Lipinski definition) is 2. The Labute approximate surface area is 97.3 Å². The van der Waals surface area contributed by atoms with Crippen LogP contribution in [0.1, 0.15) is 10.5 Å². The minimum absolute atomic E-state index is 0.193. The number of anilines is 2. The summed E-state index contributed by atoms with van der Waals surface area (Å²) in [7, 11) is 1.81. The third-order valence-electron chi connectivity index (χ3n) is 2.06. The fourth-order valence-electron chi connectivity index (χ4n) is 1.21. The van der Waals surface area contributed by atoms with Crippen LogP contribution in [0.4, 0.5) is 11.4 Å². The Morgan fingerprint density at radius 3 is 2.75 bits per heavy atom. The largest absolute Gasteiger partial charge is 0.387 e. The van der Waals surface area contributed by atoms with Gasteiger partial charge in [-0.2, -0.15) is 11.3 Å². The van der Waals surface area contributed by atoms with Gasteiger partial charge in [0.2, 0.25) is 0 Å². The molecule has 0 unspecified atom stereocenters. The highest BCUT2D eigenvalue weighted by Gasteiger charge is 2.07. The maximum absolute atomic E-state index is 11.7. The lowest BCUT2D eigenvalue weighted by Gasteiger charge is -2.03. The van der Waals surface area contributed by atoms with E-state index in [1.807, 2.05) is 29.9 Å². The van der Waals surface area contributed by atoms with E-state index in [9.17, 15) is 4.79 Å². The first-order chi connectivity index (χ1) is 7.79. The van der Waals surface area contributed by atoms with E-state index < -0.39 is 0 Å². The van der Waals surface area contributed by atoms with Crippen molar-refractivity contribution in [3.05, 3.63) is 40.8 Å². The molecule has 2 aromatic rings. The van der Waals surface area contributed by atoms with Crippen LogP contribution in [0.2, 0.25) is 0 Å². The van der Waals surface area contributed by atoms with Crippen LogP contribution >= 0.6 is 11.3 Å². The van der Waals surface area contributed by atoms with Gasteiger partial charge in [-0.25, -0.2) is 4.98 Å². The molecule has 5 heteroatoms. The molecule has 4 nitrogen and oxygen atoms in total. The maximum Gasteiger partial charge on any atom is 0.274 e. The van der Waals surface area contributed by atoms with Gasteiger partial charge < -0.3 is 10.6 Å². The topological polar surface area (TPSA) is 54.0 Å². The smallest absolute Gasteiger partial charge is 0.274 e. The Morgan fingerprint density at radius 1 is 1.31 bits per heavy atom. The first kappa shape index (κ1) is 10.6. The van der Waals surface area contributed by atoms with Crippen LogP contribution in [0.3, 0.4) is 0 Å². The molecule has 0 aliphatic rings. The molecule has 16 heavy (non-hydrogen) atoms. The molecule has 0 atom stereocenters. The molecule has 0 saturated carbocycles. The number of thiophene rings is 1. The summed E-state index contributed by atoms with van der Waals surface area (Å²) in [5.74, 6) is -0.193. The standard InChI is InChI=1S/C11H11N3OS/c1-12-8-2-3-10(13-6-8)11(15)14-9-4-5-16-7-9/h2-7,12H,1H3,(H,14,15).